The first-order valence-corrected chi connectivity index (χ1v) is 9.68. The third-order valence-corrected chi connectivity index (χ3v) is 4.60. The van der Waals surface area contributed by atoms with Crippen molar-refractivity contribution >= 4 is 11.6 Å². The molecule has 2 heterocycles. The molecule has 0 spiro atoms. The van der Waals surface area contributed by atoms with Gasteiger partial charge in [-0.1, -0.05) is 66.7 Å². The molecule has 0 radical (unpaired) electrons. The molecule has 1 atom stereocenters. The van der Waals surface area contributed by atoms with Gasteiger partial charge in [-0.05, 0) is 24.6 Å². The summed E-state index contributed by atoms with van der Waals surface area (Å²) in [5.41, 5.74) is 3.14. The number of hydrogen-bond acceptors (Lipinski definition) is 5. The molecule has 0 amide bonds. The monoisotopic (exact) mass is 381 g/mol. The predicted octanol–water partition coefficient (Wildman–Crippen LogP) is 5.32. The van der Waals surface area contributed by atoms with E-state index in [9.17, 15) is 0 Å². The molecule has 5 heteroatoms. The van der Waals surface area contributed by atoms with Crippen LogP contribution in [0.1, 0.15) is 24.2 Å². The molecule has 0 aliphatic carbocycles. The van der Waals surface area contributed by atoms with Gasteiger partial charge in [0.1, 0.15) is 11.6 Å². The average molecular weight is 381 g/mol. The van der Waals surface area contributed by atoms with Crippen molar-refractivity contribution in [3.63, 3.8) is 0 Å². The Morgan fingerprint density at radius 3 is 2.21 bits per heavy atom. The van der Waals surface area contributed by atoms with Gasteiger partial charge in [-0.3, -0.25) is 4.98 Å². The minimum absolute atomic E-state index is 0.123. The molecular weight excluding hydrogens is 358 g/mol. The van der Waals surface area contributed by atoms with Gasteiger partial charge in [-0.2, -0.15) is 0 Å². The van der Waals surface area contributed by atoms with Crippen LogP contribution < -0.4 is 10.6 Å². The Balaban J connectivity index is 1.61. The van der Waals surface area contributed by atoms with Gasteiger partial charge in [0.15, 0.2) is 5.82 Å². The van der Waals surface area contributed by atoms with Crippen molar-refractivity contribution in [2.45, 2.75) is 19.5 Å². The van der Waals surface area contributed by atoms with Crippen LogP contribution in [0.15, 0.2) is 91.1 Å². The molecule has 0 saturated heterocycles. The van der Waals surface area contributed by atoms with Gasteiger partial charge in [0.25, 0.3) is 0 Å². The van der Waals surface area contributed by atoms with E-state index < -0.39 is 0 Å². The number of benzene rings is 2. The lowest BCUT2D eigenvalue weighted by atomic mass is 10.1. The highest BCUT2D eigenvalue weighted by atomic mass is 15.1. The first-order valence-electron chi connectivity index (χ1n) is 9.68. The van der Waals surface area contributed by atoms with E-state index in [1.165, 1.54) is 5.56 Å². The number of pyridine rings is 1. The summed E-state index contributed by atoms with van der Waals surface area (Å²) in [4.78, 5) is 13.8. The number of anilines is 2. The summed E-state index contributed by atoms with van der Waals surface area (Å²) in [7, 11) is 0. The van der Waals surface area contributed by atoms with Crippen molar-refractivity contribution in [2.24, 2.45) is 0 Å². The minimum Gasteiger partial charge on any atom is -0.364 e. The molecule has 0 saturated carbocycles. The number of rotatable bonds is 7. The Kier molecular flexibility index (Phi) is 5.76. The maximum atomic E-state index is 4.75. The second-order valence-corrected chi connectivity index (χ2v) is 6.78. The summed E-state index contributed by atoms with van der Waals surface area (Å²) in [6, 6.07) is 28.3. The first-order chi connectivity index (χ1) is 14.3. The predicted molar refractivity (Wildman–Crippen MR) is 118 cm³/mol. The molecule has 2 aromatic heterocycles. The standard InChI is InChI=1S/C24H23N5/c1-18(19-10-4-2-5-11-19)27-23-16-22(26-17-21-14-8-9-15-25-21)28-24(29-23)20-12-6-3-7-13-20/h2-16,18H,17H2,1H3,(H2,26,27,28,29). The fourth-order valence-electron chi connectivity index (χ4n) is 3.06. The third kappa shape index (κ3) is 4.96. The first kappa shape index (κ1) is 18.6. The molecule has 2 N–H and O–H groups in total. The highest BCUT2D eigenvalue weighted by Crippen LogP contribution is 2.23. The maximum Gasteiger partial charge on any atom is 0.163 e. The summed E-state index contributed by atoms with van der Waals surface area (Å²) in [5, 5.41) is 6.87. The molecule has 4 rings (SSSR count). The molecule has 0 bridgehead atoms. The summed E-state index contributed by atoms with van der Waals surface area (Å²) >= 11 is 0. The van der Waals surface area contributed by atoms with Gasteiger partial charge >= 0.3 is 0 Å². The number of hydrogen-bond donors (Lipinski definition) is 2. The molecule has 2 aromatic carbocycles. The van der Waals surface area contributed by atoms with E-state index in [4.69, 9.17) is 9.97 Å². The molecule has 29 heavy (non-hydrogen) atoms. The Labute approximate surface area is 170 Å². The van der Waals surface area contributed by atoms with Crippen molar-refractivity contribution in [3.8, 4) is 11.4 Å². The number of aromatic nitrogens is 3. The van der Waals surface area contributed by atoms with Crippen molar-refractivity contribution < 1.29 is 0 Å². The van der Waals surface area contributed by atoms with Gasteiger partial charge in [-0.15, -0.1) is 0 Å². The smallest absolute Gasteiger partial charge is 0.163 e. The lowest BCUT2D eigenvalue weighted by molar-refractivity contribution is 0.872. The normalized spacial score (nSPS) is 11.6. The van der Waals surface area contributed by atoms with Crippen molar-refractivity contribution in [1.82, 2.24) is 15.0 Å². The van der Waals surface area contributed by atoms with Gasteiger partial charge in [0.05, 0.1) is 12.2 Å². The zero-order valence-corrected chi connectivity index (χ0v) is 16.3. The fourth-order valence-corrected chi connectivity index (χ4v) is 3.06. The lowest BCUT2D eigenvalue weighted by Crippen LogP contribution is -2.10. The van der Waals surface area contributed by atoms with Crippen molar-refractivity contribution in [1.29, 1.82) is 0 Å². The summed E-state index contributed by atoms with van der Waals surface area (Å²) < 4.78 is 0. The van der Waals surface area contributed by atoms with Gasteiger partial charge in [0, 0.05) is 23.9 Å². The van der Waals surface area contributed by atoms with E-state index >= 15 is 0 Å². The molecule has 0 fully saturated rings. The number of nitrogens with zero attached hydrogens (tertiary/aromatic N) is 3. The molecule has 0 aliphatic rings. The van der Waals surface area contributed by atoms with Gasteiger partial charge in [-0.25, -0.2) is 9.97 Å². The van der Waals surface area contributed by atoms with E-state index in [0.717, 1.165) is 22.9 Å². The van der Waals surface area contributed by atoms with Crippen LogP contribution in [0.3, 0.4) is 0 Å². The minimum atomic E-state index is 0.123. The molecule has 4 aromatic rings. The molecule has 5 nitrogen and oxygen atoms in total. The fraction of sp³-hybridized carbons (Fsp3) is 0.125. The largest absolute Gasteiger partial charge is 0.364 e. The SMILES string of the molecule is CC(Nc1cc(NCc2ccccn2)nc(-c2ccccc2)n1)c1ccccc1. The Morgan fingerprint density at radius 2 is 1.48 bits per heavy atom. The number of nitrogens with one attached hydrogen (secondary N) is 2. The molecular formula is C24H23N5. The van der Waals surface area contributed by atoms with Crippen LogP contribution in [-0.4, -0.2) is 15.0 Å². The van der Waals surface area contributed by atoms with Crippen LogP contribution in [0.5, 0.6) is 0 Å². The molecule has 144 valence electrons. The molecule has 1 unspecified atom stereocenters. The van der Waals surface area contributed by atoms with E-state index in [2.05, 4.69) is 34.7 Å². The van der Waals surface area contributed by atoms with Crippen LogP contribution >= 0.6 is 0 Å². The van der Waals surface area contributed by atoms with Crippen LogP contribution in [-0.2, 0) is 6.54 Å². The zero-order valence-electron chi connectivity index (χ0n) is 16.3. The van der Waals surface area contributed by atoms with Crippen molar-refractivity contribution in [2.75, 3.05) is 10.6 Å². The third-order valence-electron chi connectivity index (χ3n) is 4.60. The highest BCUT2D eigenvalue weighted by molar-refractivity contribution is 5.61. The maximum absolute atomic E-state index is 4.75. The average Bonchev–Trinajstić information content (AvgIpc) is 2.79. The Bertz CT molecular complexity index is 1040. The van der Waals surface area contributed by atoms with E-state index in [-0.39, 0.29) is 6.04 Å². The van der Waals surface area contributed by atoms with Gasteiger partial charge < -0.3 is 10.6 Å². The highest BCUT2D eigenvalue weighted by Gasteiger charge is 2.10. The van der Waals surface area contributed by atoms with E-state index in [0.29, 0.717) is 12.4 Å². The van der Waals surface area contributed by atoms with Crippen LogP contribution in [0.2, 0.25) is 0 Å². The Morgan fingerprint density at radius 1 is 0.793 bits per heavy atom. The zero-order chi connectivity index (χ0) is 19.9. The quantitative estimate of drug-likeness (QED) is 0.453. The summed E-state index contributed by atoms with van der Waals surface area (Å²) in [5.74, 6) is 2.21. The van der Waals surface area contributed by atoms with Crippen LogP contribution in [0.4, 0.5) is 11.6 Å². The van der Waals surface area contributed by atoms with Gasteiger partial charge in [0.2, 0.25) is 0 Å². The Hall–Kier alpha value is -3.73. The van der Waals surface area contributed by atoms with E-state index in [1.807, 2.05) is 72.8 Å². The van der Waals surface area contributed by atoms with E-state index in [1.54, 1.807) is 6.20 Å². The topological polar surface area (TPSA) is 62.7 Å². The second-order valence-electron chi connectivity index (χ2n) is 6.78. The summed E-state index contributed by atoms with van der Waals surface area (Å²) in [6.45, 7) is 2.72. The van der Waals surface area contributed by atoms with Crippen LogP contribution in [0, 0.1) is 0 Å². The second kappa shape index (κ2) is 8.97. The van der Waals surface area contributed by atoms with Crippen LogP contribution in [0.25, 0.3) is 11.4 Å². The lowest BCUT2D eigenvalue weighted by Gasteiger charge is -2.17. The van der Waals surface area contributed by atoms with Crippen molar-refractivity contribution in [3.05, 3.63) is 102 Å². The summed E-state index contributed by atoms with van der Waals surface area (Å²) in [6.07, 6.45) is 1.79. The molecule has 0 aliphatic heterocycles.